The van der Waals surface area contributed by atoms with Crippen molar-refractivity contribution in [2.75, 3.05) is 6.54 Å². The number of aryl methyl sites for hydroxylation is 2. The van der Waals surface area contributed by atoms with Gasteiger partial charge in [0.1, 0.15) is 11.4 Å². The summed E-state index contributed by atoms with van der Waals surface area (Å²) in [5, 5.41) is 5.83. The lowest BCUT2D eigenvalue weighted by atomic mass is 10.2. The molecule has 0 saturated carbocycles. The fourth-order valence-electron chi connectivity index (χ4n) is 1.50. The van der Waals surface area contributed by atoms with Crippen molar-refractivity contribution in [3.8, 4) is 0 Å². The molecule has 0 spiro atoms. The van der Waals surface area contributed by atoms with Crippen LogP contribution in [0.25, 0.3) is 0 Å². The Morgan fingerprint density at radius 3 is 2.82 bits per heavy atom. The molecular formula is C11H15N5S. The van der Waals surface area contributed by atoms with Crippen LogP contribution in [0.4, 0.5) is 0 Å². The van der Waals surface area contributed by atoms with E-state index in [0.717, 1.165) is 22.2 Å². The van der Waals surface area contributed by atoms with Crippen molar-refractivity contribution in [1.29, 1.82) is 0 Å². The highest BCUT2D eigenvalue weighted by Crippen LogP contribution is 2.26. The quantitative estimate of drug-likeness (QED) is 0.881. The molecule has 0 unspecified atom stereocenters. The number of nitrogens with zero attached hydrogens (tertiary/aromatic N) is 4. The predicted octanol–water partition coefficient (Wildman–Crippen LogP) is 1.17. The van der Waals surface area contributed by atoms with Crippen LogP contribution in [-0.4, -0.2) is 26.3 Å². The largest absolute Gasteiger partial charge is 0.330 e. The molecule has 17 heavy (non-hydrogen) atoms. The van der Waals surface area contributed by atoms with E-state index in [4.69, 9.17) is 5.73 Å². The highest BCUT2D eigenvalue weighted by atomic mass is 32.2. The molecule has 0 bridgehead atoms. The lowest BCUT2D eigenvalue weighted by Gasteiger charge is -2.06. The van der Waals surface area contributed by atoms with E-state index in [1.165, 1.54) is 17.3 Å². The molecule has 0 aliphatic carbocycles. The number of nitrogens with two attached hydrogens (primary N) is 1. The first-order chi connectivity index (χ1) is 8.20. The molecule has 0 aliphatic heterocycles. The summed E-state index contributed by atoms with van der Waals surface area (Å²) in [5.74, 6) is 0. The summed E-state index contributed by atoms with van der Waals surface area (Å²) in [6.07, 6.45) is 4.28. The van der Waals surface area contributed by atoms with E-state index in [2.05, 4.69) is 21.1 Å². The lowest BCUT2D eigenvalue weighted by Crippen LogP contribution is -2.03. The van der Waals surface area contributed by atoms with E-state index in [1.54, 1.807) is 11.0 Å². The molecule has 2 aromatic heterocycles. The first-order valence-corrected chi connectivity index (χ1v) is 6.20. The van der Waals surface area contributed by atoms with Crippen molar-refractivity contribution in [3.05, 3.63) is 29.7 Å². The van der Waals surface area contributed by atoms with E-state index in [-0.39, 0.29) is 0 Å². The van der Waals surface area contributed by atoms with Gasteiger partial charge < -0.3 is 5.73 Å². The van der Waals surface area contributed by atoms with Crippen LogP contribution in [0.1, 0.15) is 11.1 Å². The van der Waals surface area contributed by atoms with Gasteiger partial charge in [-0.15, -0.1) is 0 Å². The Morgan fingerprint density at radius 1 is 1.41 bits per heavy atom. The van der Waals surface area contributed by atoms with Crippen molar-refractivity contribution < 1.29 is 0 Å². The van der Waals surface area contributed by atoms with E-state index < -0.39 is 0 Å². The third-order valence-electron chi connectivity index (χ3n) is 2.38. The fraction of sp³-hybridized carbons (Fsp3) is 0.364. The molecular weight excluding hydrogens is 234 g/mol. The first-order valence-electron chi connectivity index (χ1n) is 5.38. The molecule has 0 aromatic carbocycles. The highest BCUT2D eigenvalue weighted by Gasteiger charge is 2.08. The van der Waals surface area contributed by atoms with Gasteiger partial charge in [0, 0.05) is 13.2 Å². The highest BCUT2D eigenvalue weighted by molar-refractivity contribution is 7.99. The van der Waals surface area contributed by atoms with Crippen LogP contribution in [0.15, 0.2) is 28.8 Å². The Morgan fingerprint density at radius 2 is 2.24 bits per heavy atom. The van der Waals surface area contributed by atoms with Crippen LogP contribution in [0, 0.1) is 6.92 Å². The van der Waals surface area contributed by atoms with Gasteiger partial charge in [-0.05, 0) is 42.8 Å². The van der Waals surface area contributed by atoms with Crippen LogP contribution in [0.2, 0.25) is 0 Å². The van der Waals surface area contributed by atoms with Gasteiger partial charge >= 0.3 is 0 Å². The van der Waals surface area contributed by atoms with Crippen LogP contribution in [0.3, 0.4) is 0 Å². The third kappa shape index (κ3) is 2.83. The molecule has 6 heteroatoms. The number of hydrogen-bond acceptors (Lipinski definition) is 5. The maximum Gasteiger partial charge on any atom is 0.192 e. The average Bonchev–Trinajstić information content (AvgIpc) is 2.69. The maximum absolute atomic E-state index is 5.52. The summed E-state index contributed by atoms with van der Waals surface area (Å²) >= 11 is 1.52. The molecule has 0 fully saturated rings. The van der Waals surface area contributed by atoms with Crippen LogP contribution < -0.4 is 5.73 Å². The molecule has 2 aromatic rings. The molecule has 0 saturated heterocycles. The van der Waals surface area contributed by atoms with E-state index in [1.807, 2.05) is 20.2 Å². The Kier molecular flexibility index (Phi) is 3.75. The smallest absolute Gasteiger partial charge is 0.192 e. The number of aromatic nitrogens is 4. The van der Waals surface area contributed by atoms with E-state index in [9.17, 15) is 0 Å². The van der Waals surface area contributed by atoms with Crippen molar-refractivity contribution in [2.45, 2.75) is 23.5 Å². The summed E-state index contributed by atoms with van der Waals surface area (Å²) in [7, 11) is 1.87. The average molecular weight is 249 g/mol. The minimum atomic E-state index is 0.650. The second-order valence-electron chi connectivity index (χ2n) is 3.77. The number of pyridine rings is 1. The zero-order chi connectivity index (χ0) is 12.3. The van der Waals surface area contributed by atoms with Crippen LogP contribution >= 0.6 is 11.8 Å². The molecule has 5 nitrogen and oxygen atoms in total. The standard InChI is InChI=1S/C11H15N5S/c1-8-5-9(3-4-12)6-13-10(8)17-11-14-7-15-16(11)2/h5-7H,3-4,12H2,1-2H3. The molecule has 0 amide bonds. The van der Waals surface area contributed by atoms with Crippen molar-refractivity contribution in [1.82, 2.24) is 19.7 Å². The zero-order valence-corrected chi connectivity index (χ0v) is 10.7. The summed E-state index contributed by atoms with van der Waals surface area (Å²) in [5.41, 5.74) is 7.84. The molecule has 2 heterocycles. The topological polar surface area (TPSA) is 69.6 Å². The molecule has 2 N–H and O–H groups in total. The molecule has 2 rings (SSSR count). The zero-order valence-electron chi connectivity index (χ0n) is 9.92. The van der Waals surface area contributed by atoms with Crippen LogP contribution in [-0.2, 0) is 13.5 Å². The monoisotopic (exact) mass is 249 g/mol. The van der Waals surface area contributed by atoms with Crippen molar-refractivity contribution >= 4 is 11.8 Å². The first kappa shape index (κ1) is 12.1. The minimum Gasteiger partial charge on any atom is -0.330 e. The number of hydrogen-bond donors (Lipinski definition) is 1. The summed E-state index contributed by atoms with van der Waals surface area (Å²) < 4.78 is 1.74. The van der Waals surface area contributed by atoms with Gasteiger partial charge in [-0.3, -0.25) is 0 Å². The van der Waals surface area contributed by atoms with Crippen LogP contribution in [0.5, 0.6) is 0 Å². The second-order valence-corrected chi connectivity index (χ2v) is 4.73. The maximum atomic E-state index is 5.52. The fourth-order valence-corrected chi connectivity index (χ4v) is 2.27. The molecule has 0 radical (unpaired) electrons. The second kappa shape index (κ2) is 5.29. The van der Waals surface area contributed by atoms with Gasteiger partial charge in [0.15, 0.2) is 5.16 Å². The summed E-state index contributed by atoms with van der Waals surface area (Å²) in [4.78, 5) is 8.60. The summed E-state index contributed by atoms with van der Waals surface area (Å²) in [6.45, 7) is 2.70. The Bertz CT molecular complexity index is 508. The SMILES string of the molecule is Cc1cc(CCN)cnc1Sc1ncnn1C. The van der Waals surface area contributed by atoms with Gasteiger partial charge in [-0.25, -0.2) is 14.6 Å². The number of rotatable bonds is 4. The Hall–Kier alpha value is -1.40. The van der Waals surface area contributed by atoms with Gasteiger partial charge in [0.25, 0.3) is 0 Å². The van der Waals surface area contributed by atoms with Gasteiger partial charge in [0.2, 0.25) is 0 Å². The molecule has 0 atom stereocenters. The normalized spacial score (nSPS) is 10.8. The Balaban J connectivity index is 2.19. The van der Waals surface area contributed by atoms with Gasteiger partial charge in [-0.1, -0.05) is 6.07 Å². The van der Waals surface area contributed by atoms with Gasteiger partial charge in [0.05, 0.1) is 0 Å². The minimum absolute atomic E-state index is 0.650. The van der Waals surface area contributed by atoms with Gasteiger partial charge in [-0.2, -0.15) is 5.10 Å². The predicted molar refractivity (Wildman–Crippen MR) is 66.9 cm³/mol. The van der Waals surface area contributed by atoms with Crippen molar-refractivity contribution in [2.24, 2.45) is 12.8 Å². The van der Waals surface area contributed by atoms with E-state index >= 15 is 0 Å². The summed E-state index contributed by atoms with van der Waals surface area (Å²) in [6, 6.07) is 2.12. The van der Waals surface area contributed by atoms with E-state index in [0.29, 0.717) is 6.54 Å². The Labute approximate surface area is 104 Å². The third-order valence-corrected chi connectivity index (χ3v) is 3.55. The van der Waals surface area contributed by atoms with Crippen molar-refractivity contribution in [3.63, 3.8) is 0 Å². The lowest BCUT2D eigenvalue weighted by molar-refractivity contribution is 0.684. The molecule has 0 aliphatic rings. The molecule has 90 valence electrons.